The van der Waals surface area contributed by atoms with Crippen molar-refractivity contribution in [3.63, 3.8) is 0 Å². The van der Waals surface area contributed by atoms with E-state index in [1.165, 1.54) is 6.20 Å². The average molecular weight is 297 g/mol. The molecular formula is C8H7BBrF3NS-. The van der Waals surface area contributed by atoms with E-state index in [-0.39, 0.29) is 5.75 Å². The van der Waals surface area contributed by atoms with E-state index in [1.807, 2.05) is 0 Å². The van der Waals surface area contributed by atoms with Crippen LogP contribution in [-0.4, -0.2) is 17.7 Å². The molecule has 0 aromatic carbocycles. The van der Waals surface area contributed by atoms with Gasteiger partial charge in [-0.3, -0.25) is 0 Å². The minimum atomic E-state index is -4.94. The summed E-state index contributed by atoms with van der Waals surface area (Å²) in [5, 5.41) is 0.540. The molecule has 7 heteroatoms. The summed E-state index contributed by atoms with van der Waals surface area (Å²) in [6.07, 6.45) is 1.54. The summed E-state index contributed by atoms with van der Waals surface area (Å²) in [6.45, 7) is -1.93. The molecule has 0 fully saturated rings. The summed E-state index contributed by atoms with van der Waals surface area (Å²) >= 11 is 4.23. The van der Waals surface area contributed by atoms with Crippen LogP contribution in [0.15, 0.2) is 39.9 Å². The zero-order chi connectivity index (χ0) is 11.5. The molecule has 1 rings (SSSR count). The first kappa shape index (κ1) is 12.6. The van der Waals surface area contributed by atoms with E-state index in [9.17, 15) is 12.9 Å². The maximum atomic E-state index is 12.2. The van der Waals surface area contributed by atoms with Crippen molar-refractivity contribution in [2.24, 2.45) is 0 Å². The molecular weight excluding hydrogens is 290 g/mol. The van der Waals surface area contributed by atoms with Gasteiger partial charge in [-0.25, -0.2) is 4.98 Å². The van der Waals surface area contributed by atoms with Crippen LogP contribution < -0.4 is 0 Å². The van der Waals surface area contributed by atoms with Gasteiger partial charge in [-0.05, 0) is 33.8 Å². The van der Waals surface area contributed by atoms with Crippen molar-refractivity contribution >= 4 is 34.7 Å². The second kappa shape index (κ2) is 5.07. The van der Waals surface area contributed by atoms with Gasteiger partial charge in [-0.15, -0.1) is 23.8 Å². The highest BCUT2D eigenvalue weighted by molar-refractivity contribution is 9.10. The van der Waals surface area contributed by atoms with E-state index in [1.54, 1.807) is 12.1 Å². The first-order valence-electron chi connectivity index (χ1n) is 4.02. The van der Waals surface area contributed by atoms with Gasteiger partial charge in [-0.2, -0.15) is 0 Å². The zero-order valence-corrected chi connectivity index (χ0v) is 9.99. The first-order valence-corrected chi connectivity index (χ1v) is 5.80. The van der Waals surface area contributed by atoms with E-state index in [2.05, 4.69) is 27.5 Å². The van der Waals surface area contributed by atoms with Crippen LogP contribution in [0.4, 0.5) is 12.9 Å². The Labute approximate surface area is 98.3 Å². The number of hydrogen-bond donors (Lipinski definition) is 0. The molecule has 1 aromatic rings. The van der Waals surface area contributed by atoms with Crippen molar-refractivity contribution in [1.29, 1.82) is 0 Å². The van der Waals surface area contributed by atoms with Crippen molar-refractivity contribution in [3.8, 4) is 0 Å². The van der Waals surface area contributed by atoms with Crippen LogP contribution in [0.3, 0.4) is 0 Å². The van der Waals surface area contributed by atoms with Crippen LogP contribution in [0.2, 0.25) is 0 Å². The lowest BCUT2D eigenvalue weighted by molar-refractivity contribution is 0.491. The van der Waals surface area contributed by atoms with Crippen LogP contribution >= 0.6 is 27.7 Å². The Hall–Kier alpha value is -0.425. The van der Waals surface area contributed by atoms with Gasteiger partial charge >= 0.3 is 6.98 Å². The minimum absolute atomic E-state index is 0.181. The van der Waals surface area contributed by atoms with Crippen molar-refractivity contribution in [3.05, 3.63) is 34.9 Å². The van der Waals surface area contributed by atoms with Crippen molar-refractivity contribution in [2.75, 3.05) is 5.75 Å². The molecule has 0 bridgehead atoms. The summed E-state index contributed by atoms with van der Waals surface area (Å²) in [5.41, 5.74) is -0.697. The predicted octanol–water partition coefficient (Wildman–Crippen LogP) is 3.88. The van der Waals surface area contributed by atoms with Gasteiger partial charge in [0.2, 0.25) is 0 Å². The molecule has 1 aromatic heterocycles. The number of pyridine rings is 1. The van der Waals surface area contributed by atoms with Gasteiger partial charge in [0.25, 0.3) is 0 Å². The molecule has 0 atom stereocenters. The molecule has 1 nitrogen and oxygen atoms in total. The number of hydrogen-bond acceptors (Lipinski definition) is 2. The third kappa shape index (κ3) is 3.91. The maximum absolute atomic E-state index is 12.2. The van der Waals surface area contributed by atoms with Crippen LogP contribution in [0.25, 0.3) is 0 Å². The molecule has 0 saturated carbocycles. The third-order valence-electron chi connectivity index (χ3n) is 1.58. The lowest BCUT2D eigenvalue weighted by atomic mass is 9.82. The number of thioether (sulfide) groups is 1. The fraction of sp³-hybridized carbons (Fsp3) is 0.125. The molecule has 0 N–H and O–H groups in total. The molecule has 0 amide bonds. The topological polar surface area (TPSA) is 12.9 Å². The molecule has 0 aliphatic carbocycles. The Morgan fingerprint density at radius 1 is 1.53 bits per heavy atom. The molecule has 0 saturated heterocycles. The van der Waals surface area contributed by atoms with Gasteiger partial charge in [0, 0.05) is 10.7 Å². The van der Waals surface area contributed by atoms with E-state index in [0.717, 1.165) is 11.8 Å². The first-order chi connectivity index (χ1) is 6.91. The number of aromatic nitrogens is 1. The quantitative estimate of drug-likeness (QED) is 0.618. The molecule has 0 radical (unpaired) electrons. The second-order valence-electron chi connectivity index (χ2n) is 2.81. The van der Waals surface area contributed by atoms with Crippen molar-refractivity contribution < 1.29 is 12.9 Å². The van der Waals surface area contributed by atoms with Gasteiger partial charge in [0.15, 0.2) is 0 Å². The van der Waals surface area contributed by atoms with Gasteiger partial charge in [0.1, 0.15) is 5.03 Å². The van der Waals surface area contributed by atoms with Crippen molar-refractivity contribution in [1.82, 2.24) is 4.98 Å². The summed E-state index contributed by atoms with van der Waals surface area (Å²) < 4.78 is 37.2. The van der Waals surface area contributed by atoms with Crippen LogP contribution in [0, 0.1) is 0 Å². The fourth-order valence-corrected chi connectivity index (χ4v) is 2.18. The summed E-state index contributed by atoms with van der Waals surface area (Å²) in [6, 6.07) is 3.44. The van der Waals surface area contributed by atoms with Crippen LogP contribution in [0.1, 0.15) is 0 Å². The highest BCUT2D eigenvalue weighted by Gasteiger charge is 2.26. The van der Waals surface area contributed by atoms with Gasteiger partial charge < -0.3 is 12.9 Å². The van der Waals surface area contributed by atoms with E-state index in [0.29, 0.717) is 9.50 Å². The summed E-state index contributed by atoms with van der Waals surface area (Å²) in [5.74, 6) is -0.181. The highest BCUT2D eigenvalue weighted by Crippen LogP contribution is 2.29. The molecule has 0 aliphatic rings. The number of rotatable bonds is 4. The maximum Gasteiger partial charge on any atom is 0.505 e. The zero-order valence-electron chi connectivity index (χ0n) is 7.59. The normalized spacial score (nSPS) is 11.5. The Morgan fingerprint density at radius 3 is 2.73 bits per heavy atom. The predicted molar refractivity (Wildman–Crippen MR) is 60.9 cm³/mol. The Kier molecular flexibility index (Phi) is 4.27. The fourth-order valence-electron chi connectivity index (χ4n) is 0.733. The number of nitrogens with zero attached hydrogens (tertiary/aromatic N) is 1. The van der Waals surface area contributed by atoms with Crippen LogP contribution in [0.5, 0.6) is 0 Å². The Bertz CT molecular complexity index is 369. The molecule has 0 aliphatic heterocycles. The van der Waals surface area contributed by atoms with Crippen molar-refractivity contribution in [2.45, 2.75) is 5.03 Å². The molecule has 0 unspecified atom stereocenters. The molecule has 82 valence electrons. The molecule has 15 heavy (non-hydrogen) atoms. The average Bonchev–Trinajstić information content (AvgIpc) is 2.14. The van der Waals surface area contributed by atoms with Gasteiger partial charge in [-0.1, -0.05) is 0 Å². The minimum Gasteiger partial charge on any atom is -0.445 e. The Balaban J connectivity index is 2.59. The largest absolute Gasteiger partial charge is 0.505 e. The molecule has 0 spiro atoms. The van der Waals surface area contributed by atoms with Gasteiger partial charge in [0.05, 0.1) is 0 Å². The summed E-state index contributed by atoms with van der Waals surface area (Å²) in [7, 11) is 0. The SMILES string of the molecule is C=C(CSc1ncccc1Br)[B-](F)(F)F. The highest BCUT2D eigenvalue weighted by atomic mass is 79.9. The lowest BCUT2D eigenvalue weighted by Crippen LogP contribution is -2.20. The smallest absolute Gasteiger partial charge is 0.445 e. The Morgan fingerprint density at radius 2 is 2.20 bits per heavy atom. The van der Waals surface area contributed by atoms with E-state index in [4.69, 9.17) is 0 Å². The second-order valence-corrected chi connectivity index (χ2v) is 4.63. The van der Waals surface area contributed by atoms with E-state index >= 15 is 0 Å². The lowest BCUT2D eigenvalue weighted by Gasteiger charge is -2.17. The molecule has 1 heterocycles. The van der Waals surface area contributed by atoms with E-state index < -0.39 is 12.4 Å². The standard InChI is InChI=1S/C8H7BBrF3NS/c1-6(9(11,12)13)5-15-8-7(10)3-2-4-14-8/h2-4H,1,5H2/q-1. The third-order valence-corrected chi connectivity index (χ3v) is 3.60. The summed E-state index contributed by atoms with van der Waals surface area (Å²) in [4.78, 5) is 3.95. The monoisotopic (exact) mass is 296 g/mol. The number of halogens is 4. The van der Waals surface area contributed by atoms with Crippen LogP contribution in [-0.2, 0) is 0 Å².